The van der Waals surface area contributed by atoms with Crippen molar-refractivity contribution in [2.45, 2.75) is 12.8 Å². The van der Waals surface area contributed by atoms with E-state index in [-0.39, 0.29) is 0 Å². The smallest absolute Gasteiger partial charge is 0.160 e. The number of rotatable bonds is 8. The Labute approximate surface area is 337 Å². The molecule has 0 atom stereocenters. The van der Waals surface area contributed by atoms with Crippen molar-refractivity contribution < 1.29 is 9.15 Å². The quantitative estimate of drug-likeness (QED) is 0.155. The molecule has 0 unspecified atom stereocenters. The zero-order chi connectivity index (χ0) is 38.7. The predicted molar refractivity (Wildman–Crippen MR) is 240 cm³/mol. The van der Waals surface area contributed by atoms with E-state index in [9.17, 15) is 0 Å². The zero-order valence-corrected chi connectivity index (χ0v) is 31.8. The normalized spacial score (nSPS) is 13.0. The lowest BCUT2D eigenvalue weighted by Gasteiger charge is -2.13. The van der Waals surface area contributed by atoms with Crippen LogP contribution in [0.5, 0.6) is 11.5 Å². The van der Waals surface area contributed by atoms with Gasteiger partial charge < -0.3 is 9.15 Å². The van der Waals surface area contributed by atoms with Gasteiger partial charge in [-0.15, -0.1) is 0 Å². The molecule has 0 radical (unpaired) electrons. The first kappa shape index (κ1) is 34.9. The maximum atomic E-state index is 6.29. The molecule has 0 saturated carbocycles. The Morgan fingerprint density at radius 3 is 1.36 bits per heavy atom. The summed E-state index contributed by atoms with van der Waals surface area (Å²) in [7, 11) is 0. The van der Waals surface area contributed by atoms with Gasteiger partial charge in [-0.3, -0.25) is 0 Å². The predicted octanol–water partition coefficient (Wildman–Crippen LogP) is 14.5. The average Bonchev–Trinajstić information content (AvgIpc) is 3.65. The molecule has 0 amide bonds. The van der Waals surface area contributed by atoms with Gasteiger partial charge in [0.15, 0.2) is 5.84 Å². The second-order valence-corrected chi connectivity index (χ2v) is 14.5. The van der Waals surface area contributed by atoms with Gasteiger partial charge in [0.05, 0.1) is 11.4 Å². The van der Waals surface area contributed by atoms with Gasteiger partial charge in [-0.2, -0.15) is 0 Å². The fourth-order valence-electron chi connectivity index (χ4n) is 7.62. The van der Waals surface area contributed by atoms with Crippen molar-refractivity contribution in [2.75, 3.05) is 0 Å². The van der Waals surface area contributed by atoms with E-state index in [0.717, 1.165) is 96.6 Å². The van der Waals surface area contributed by atoms with Crippen LogP contribution in [-0.2, 0) is 0 Å². The number of amidine groups is 1. The summed E-state index contributed by atoms with van der Waals surface area (Å²) < 4.78 is 12.5. The highest BCUT2D eigenvalue weighted by Crippen LogP contribution is 2.36. The van der Waals surface area contributed by atoms with Gasteiger partial charge in [0.2, 0.25) is 0 Å². The Bertz CT molecular complexity index is 2960. The van der Waals surface area contributed by atoms with E-state index in [2.05, 4.69) is 164 Å². The molecule has 0 bridgehead atoms. The largest absolute Gasteiger partial charge is 0.457 e. The monoisotopic (exact) mass is 746 g/mol. The molecule has 4 heteroatoms. The summed E-state index contributed by atoms with van der Waals surface area (Å²) in [6, 6.07) is 69.0. The minimum atomic E-state index is 0.711. The first-order valence-corrected chi connectivity index (χ1v) is 19.7. The fourth-order valence-corrected chi connectivity index (χ4v) is 7.62. The lowest BCUT2D eigenvalue weighted by atomic mass is 10.0. The van der Waals surface area contributed by atoms with Crippen LogP contribution in [0.4, 0.5) is 0 Å². The minimum Gasteiger partial charge on any atom is -0.457 e. The molecule has 58 heavy (non-hydrogen) atoms. The van der Waals surface area contributed by atoms with Crippen molar-refractivity contribution in [1.29, 1.82) is 0 Å². The lowest BCUT2D eigenvalue weighted by molar-refractivity contribution is 0.483. The average molecular weight is 747 g/mol. The molecule has 4 nitrogen and oxygen atoms in total. The molecule has 1 aliphatic heterocycles. The third-order valence-electron chi connectivity index (χ3n) is 10.7. The van der Waals surface area contributed by atoms with Crippen LogP contribution < -0.4 is 4.74 Å². The van der Waals surface area contributed by atoms with E-state index in [0.29, 0.717) is 5.84 Å². The number of ether oxygens (including phenoxy) is 1. The Morgan fingerprint density at radius 1 is 0.379 bits per heavy atom. The van der Waals surface area contributed by atoms with Crippen molar-refractivity contribution in [3.8, 4) is 44.9 Å². The summed E-state index contributed by atoms with van der Waals surface area (Å²) >= 11 is 0. The minimum absolute atomic E-state index is 0.711. The molecule has 276 valence electrons. The van der Waals surface area contributed by atoms with Crippen LogP contribution in [-0.4, -0.2) is 11.5 Å². The number of hydrogen-bond acceptors (Lipinski definition) is 4. The molecule has 0 saturated heterocycles. The summed E-state index contributed by atoms with van der Waals surface area (Å²) in [4.78, 5) is 10.3. The third-order valence-corrected chi connectivity index (χ3v) is 10.7. The zero-order valence-electron chi connectivity index (χ0n) is 31.8. The van der Waals surface area contributed by atoms with E-state index in [4.69, 9.17) is 19.1 Å². The molecule has 1 aromatic heterocycles. The number of nitrogens with zero attached hydrogens (tertiary/aromatic N) is 2. The van der Waals surface area contributed by atoms with Gasteiger partial charge in [0, 0.05) is 16.3 Å². The number of benzene rings is 8. The number of furan rings is 1. The molecule has 0 N–H and O–H groups in total. The summed E-state index contributed by atoms with van der Waals surface area (Å²) in [5, 5.41) is 2.22. The summed E-state index contributed by atoms with van der Waals surface area (Å²) in [6.45, 7) is 0. The summed E-state index contributed by atoms with van der Waals surface area (Å²) in [5.41, 5.74) is 13.8. The molecular weight excluding hydrogens is 709 g/mol. The van der Waals surface area contributed by atoms with Crippen LogP contribution in [0.3, 0.4) is 0 Å². The highest BCUT2D eigenvalue weighted by atomic mass is 16.5. The summed E-state index contributed by atoms with van der Waals surface area (Å²) in [6.07, 6.45) is 3.94. The van der Waals surface area contributed by atoms with Gasteiger partial charge in [-0.05, 0) is 106 Å². The fraction of sp³-hybridized carbons (Fsp3) is 0.0370. The summed E-state index contributed by atoms with van der Waals surface area (Å²) in [5.74, 6) is 2.27. The Kier molecular flexibility index (Phi) is 9.34. The van der Waals surface area contributed by atoms with E-state index in [1.165, 1.54) is 11.1 Å². The van der Waals surface area contributed by atoms with Gasteiger partial charge in [-0.1, -0.05) is 158 Å². The molecule has 9 aromatic rings. The highest BCUT2D eigenvalue weighted by Gasteiger charge is 2.14. The molecule has 0 aliphatic carbocycles. The molecular formula is C54H38N2O2. The molecule has 0 fully saturated rings. The van der Waals surface area contributed by atoms with Crippen LogP contribution in [0, 0.1) is 0 Å². The van der Waals surface area contributed by atoms with E-state index < -0.39 is 0 Å². The molecule has 0 spiro atoms. The molecule has 1 aliphatic rings. The van der Waals surface area contributed by atoms with Gasteiger partial charge in [0.25, 0.3) is 0 Å². The van der Waals surface area contributed by atoms with E-state index in [1.54, 1.807) is 0 Å². The van der Waals surface area contributed by atoms with Gasteiger partial charge >= 0.3 is 0 Å². The van der Waals surface area contributed by atoms with E-state index >= 15 is 0 Å². The maximum Gasteiger partial charge on any atom is 0.160 e. The molecule has 8 aromatic carbocycles. The van der Waals surface area contributed by atoms with Crippen molar-refractivity contribution in [3.63, 3.8) is 0 Å². The Hall–Kier alpha value is -7.56. The van der Waals surface area contributed by atoms with Crippen LogP contribution in [0.15, 0.2) is 221 Å². The number of aliphatic imine (C=N–C) groups is 2. The van der Waals surface area contributed by atoms with Crippen LogP contribution in [0.25, 0.3) is 61.0 Å². The van der Waals surface area contributed by atoms with Crippen molar-refractivity contribution in [1.82, 2.24) is 0 Å². The third kappa shape index (κ3) is 7.27. The molecule has 10 rings (SSSR count). The number of fused-ring (bicyclic) bond motifs is 3. The van der Waals surface area contributed by atoms with Crippen molar-refractivity contribution in [2.24, 2.45) is 9.98 Å². The van der Waals surface area contributed by atoms with Gasteiger partial charge in [-0.25, -0.2) is 9.98 Å². The lowest BCUT2D eigenvalue weighted by Crippen LogP contribution is -2.09. The Balaban J connectivity index is 0.857. The molecule has 2 heterocycles. The SMILES string of the molecule is C1=C(c2ccccc2)N=C(c2ccc(-c3ccc(Oc4ccc(-c5ccc6oc7ccc(-c8ccccc8)cc7c6c5)cc4)cc3)cc2)N=C(c2ccccc2)CC1. The second-order valence-electron chi connectivity index (χ2n) is 14.5. The topological polar surface area (TPSA) is 47.1 Å². The first-order valence-electron chi connectivity index (χ1n) is 19.7. The van der Waals surface area contributed by atoms with E-state index in [1.807, 2.05) is 42.5 Å². The van der Waals surface area contributed by atoms with Gasteiger partial charge in [0.1, 0.15) is 22.7 Å². The Morgan fingerprint density at radius 2 is 0.810 bits per heavy atom. The van der Waals surface area contributed by atoms with Crippen molar-refractivity contribution >= 4 is 39.2 Å². The van der Waals surface area contributed by atoms with Crippen LogP contribution >= 0.6 is 0 Å². The van der Waals surface area contributed by atoms with Crippen LogP contribution in [0.2, 0.25) is 0 Å². The number of hydrogen-bond donors (Lipinski definition) is 0. The van der Waals surface area contributed by atoms with Crippen molar-refractivity contribution in [3.05, 3.63) is 223 Å². The standard InChI is InChI=1S/C54H38N2O2/c1-4-11-37(12-5-1)44-27-33-52-48(35-44)49-36-45(28-34-53(49)58-52)40-25-31-47(32-26-40)57-46-29-23-39(24-30-46)38-19-21-43(22-20-38)54-55-50(41-13-6-2-7-14-41)17-10-18-51(56-54)42-15-8-3-9-16-42/h1-9,11-17,19-36H,10,18H2. The maximum absolute atomic E-state index is 6.29. The van der Waals surface area contributed by atoms with Crippen LogP contribution in [0.1, 0.15) is 29.5 Å². The first-order chi connectivity index (χ1) is 28.7. The number of allylic oxidation sites excluding steroid dienone is 1. The highest BCUT2D eigenvalue weighted by molar-refractivity contribution is 6.14. The second kappa shape index (κ2) is 15.5.